The van der Waals surface area contributed by atoms with Gasteiger partial charge in [0.2, 0.25) is 5.91 Å². The highest BCUT2D eigenvalue weighted by Gasteiger charge is 2.36. The summed E-state index contributed by atoms with van der Waals surface area (Å²) in [6.07, 6.45) is -4.26. The zero-order chi connectivity index (χ0) is 29.1. The molecule has 1 amide bonds. The fourth-order valence-corrected chi connectivity index (χ4v) is 6.52. The van der Waals surface area contributed by atoms with Gasteiger partial charge in [0.1, 0.15) is 35.7 Å². The molecule has 16 heteroatoms. The topological polar surface area (TPSA) is 94.4 Å². The number of aromatic nitrogens is 3. The third-order valence-electron chi connectivity index (χ3n) is 6.31. The highest BCUT2D eigenvalue weighted by molar-refractivity contribution is 7.84. The van der Waals surface area contributed by atoms with Gasteiger partial charge in [-0.15, -0.1) is 11.3 Å². The number of alkyl halides is 4. The number of carbonyl (C=O) groups is 2. The Bertz CT molecular complexity index is 1400. The van der Waals surface area contributed by atoms with E-state index in [1.165, 1.54) is 46.1 Å². The van der Waals surface area contributed by atoms with E-state index >= 15 is 0 Å². The van der Waals surface area contributed by atoms with Crippen LogP contribution in [0.15, 0.2) is 29.6 Å². The summed E-state index contributed by atoms with van der Waals surface area (Å²) in [6, 6.07) is 4.63. The molecule has 0 spiro atoms. The predicted octanol–water partition coefficient (Wildman–Crippen LogP) is 5.48. The van der Waals surface area contributed by atoms with Gasteiger partial charge in [0, 0.05) is 40.5 Å². The average molecular weight is 625 g/mol. The highest BCUT2D eigenvalue weighted by Crippen LogP contribution is 2.35. The van der Waals surface area contributed by atoms with Gasteiger partial charge in [0.05, 0.1) is 10.0 Å². The van der Waals surface area contributed by atoms with E-state index in [1.807, 2.05) is 0 Å². The molecule has 3 unspecified atom stereocenters. The Labute approximate surface area is 236 Å². The Morgan fingerprint density at radius 3 is 2.65 bits per heavy atom. The molecule has 2 aromatic heterocycles. The van der Waals surface area contributed by atoms with Crippen molar-refractivity contribution >= 4 is 45.6 Å². The monoisotopic (exact) mass is 624 g/mol. The first-order chi connectivity index (χ1) is 19.0. The summed E-state index contributed by atoms with van der Waals surface area (Å²) in [7, 11) is -1.56. The number of esters is 1. The van der Waals surface area contributed by atoms with Crippen molar-refractivity contribution in [3.8, 4) is 0 Å². The van der Waals surface area contributed by atoms with Crippen molar-refractivity contribution in [3.63, 3.8) is 0 Å². The number of nitrogens with zero attached hydrogens (tertiary/aromatic N) is 4. The molecular weight excluding hydrogens is 603 g/mol. The molecule has 0 aliphatic carbocycles. The van der Waals surface area contributed by atoms with Gasteiger partial charge in [-0.3, -0.25) is 13.7 Å². The molecule has 1 aromatic carbocycles. The normalized spacial score (nSPS) is 18.4. The van der Waals surface area contributed by atoms with Gasteiger partial charge in [-0.25, -0.2) is 31.7 Å². The average Bonchev–Trinajstić information content (AvgIpc) is 3.56. The first kappa shape index (κ1) is 30.1. The van der Waals surface area contributed by atoms with E-state index in [1.54, 1.807) is 0 Å². The molecule has 1 saturated heterocycles. The quantitative estimate of drug-likeness (QED) is 0.231. The number of benzene rings is 1. The fourth-order valence-electron chi connectivity index (χ4n) is 4.28. The summed E-state index contributed by atoms with van der Waals surface area (Å²) in [5.74, 6) is -2.38. The largest absolute Gasteiger partial charge is 0.456 e. The van der Waals surface area contributed by atoms with E-state index in [4.69, 9.17) is 16.3 Å². The van der Waals surface area contributed by atoms with Crippen LogP contribution in [0.3, 0.4) is 0 Å². The number of likely N-dealkylation sites (tertiary alicyclic amines) is 1. The third kappa shape index (κ3) is 6.69. The molecule has 3 aromatic rings. The van der Waals surface area contributed by atoms with Crippen LogP contribution in [0.2, 0.25) is 5.02 Å². The maximum Gasteiger partial charge on any atom is 0.358 e. The first-order valence-electron chi connectivity index (χ1n) is 11.8. The first-order valence-corrected chi connectivity index (χ1v) is 14.6. The Balaban J connectivity index is 1.42. The van der Waals surface area contributed by atoms with E-state index in [9.17, 15) is 35.8 Å². The zero-order valence-electron chi connectivity index (χ0n) is 20.7. The summed E-state index contributed by atoms with van der Waals surface area (Å²) in [4.78, 5) is 31.1. The maximum absolute atomic E-state index is 13.9. The fraction of sp³-hybridized carbons (Fsp3) is 0.417. The van der Waals surface area contributed by atoms with Crippen molar-refractivity contribution in [2.24, 2.45) is 0 Å². The molecule has 3 atom stereocenters. The zero-order valence-corrected chi connectivity index (χ0v) is 23.1. The number of piperidine rings is 1. The van der Waals surface area contributed by atoms with E-state index in [0.717, 1.165) is 0 Å². The molecule has 0 bridgehead atoms. The smallest absolute Gasteiger partial charge is 0.358 e. The van der Waals surface area contributed by atoms with Crippen LogP contribution in [0, 0.1) is 5.82 Å². The number of thiazole rings is 1. The van der Waals surface area contributed by atoms with Gasteiger partial charge in [-0.1, -0.05) is 17.7 Å². The van der Waals surface area contributed by atoms with Crippen LogP contribution in [0.5, 0.6) is 0 Å². The van der Waals surface area contributed by atoms with Crippen LogP contribution < -0.4 is 0 Å². The lowest BCUT2D eigenvalue weighted by molar-refractivity contribution is -0.134. The van der Waals surface area contributed by atoms with Gasteiger partial charge in [-0.2, -0.15) is 5.10 Å². The molecule has 4 rings (SSSR count). The van der Waals surface area contributed by atoms with Gasteiger partial charge >= 0.3 is 5.97 Å². The number of hydrogen-bond donors (Lipinski definition) is 0. The molecule has 3 heterocycles. The number of halogens is 6. The second-order valence-electron chi connectivity index (χ2n) is 8.86. The minimum Gasteiger partial charge on any atom is -0.456 e. The molecule has 8 nitrogen and oxygen atoms in total. The molecule has 0 radical (unpaired) electrons. The second-order valence-corrected chi connectivity index (χ2v) is 11.7. The van der Waals surface area contributed by atoms with Crippen LogP contribution >= 0.6 is 22.9 Å². The Hall–Kier alpha value is -2.91. The van der Waals surface area contributed by atoms with Crippen LogP contribution in [-0.4, -0.2) is 53.9 Å². The molecule has 40 heavy (non-hydrogen) atoms. The lowest BCUT2D eigenvalue weighted by atomic mass is 9.97. The maximum atomic E-state index is 13.9. The minimum absolute atomic E-state index is 0.00631. The SMILES string of the molecule is CS(=O)C1CC(c2nc(C(=O)OCc3c(F)cccc3Cl)cs2)CCN1C(=O)Cn1nc(C(F)F)cc1C(F)F. The number of amides is 1. The van der Waals surface area contributed by atoms with Crippen molar-refractivity contribution in [2.75, 3.05) is 12.8 Å². The molecule has 1 aliphatic heterocycles. The third-order valence-corrected chi connectivity index (χ3v) is 8.88. The summed E-state index contributed by atoms with van der Waals surface area (Å²) in [5.41, 5.74) is -1.66. The molecule has 0 N–H and O–H groups in total. The summed E-state index contributed by atoms with van der Waals surface area (Å²) in [5, 5.41) is 4.75. The molecule has 1 aliphatic rings. The van der Waals surface area contributed by atoms with Gasteiger partial charge in [-0.05, 0) is 31.0 Å². The van der Waals surface area contributed by atoms with Crippen molar-refractivity contribution in [1.29, 1.82) is 0 Å². The van der Waals surface area contributed by atoms with Gasteiger partial charge in [0.25, 0.3) is 12.9 Å². The Morgan fingerprint density at radius 2 is 2.00 bits per heavy atom. The van der Waals surface area contributed by atoms with Gasteiger partial charge in [0.15, 0.2) is 5.69 Å². The van der Waals surface area contributed by atoms with Crippen LogP contribution in [0.4, 0.5) is 22.0 Å². The Kier molecular flexibility index (Phi) is 9.56. The molecular formula is C24H22ClF5N4O4S2. The van der Waals surface area contributed by atoms with E-state index in [0.29, 0.717) is 22.2 Å². The Morgan fingerprint density at radius 1 is 1.25 bits per heavy atom. The predicted molar refractivity (Wildman–Crippen MR) is 136 cm³/mol. The highest BCUT2D eigenvalue weighted by atomic mass is 35.5. The second kappa shape index (κ2) is 12.7. The van der Waals surface area contributed by atoms with Crippen LogP contribution in [-0.2, 0) is 33.5 Å². The minimum atomic E-state index is -3.12. The number of ether oxygens (including phenoxy) is 1. The van der Waals surface area contributed by atoms with Crippen molar-refractivity contribution < 1.29 is 40.5 Å². The summed E-state index contributed by atoms with van der Waals surface area (Å²) >= 11 is 7.12. The number of carbonyl (C=O) groups excluding carboxylic acids is 2. The summed E-state index contributed by atoms with van der Waals surface area (Å²) in [6.45, 7) is -1.02. The van der Waals surface area contributed by atoms with Crippen molar-refractivity contribution in [2.45, 2.75) is 50.1 Å². The number of hydrogen-bond acceptors (Lipinski definition) is 7. The lowest BCUT2D eigenvalue weighted by Gasteiger charge is -2.37. The molecule has 216 valence electrons. The van der Waals surface area contributed by atoms with Crippen LogP contribution in [0.1, 0.15) is 64.1 Å². The molecule has 1 fully saturated rings. The van der Waals surface area contributed by atoms with Crippen molar-refractivity contribution in [3.05, 3.63) is 68.1 Å². The van der Waals surface area contributed by atoms with Gasteiger partial charge < -0.3 is 9.64 Å². The van der Waals surface area contributed by atoms with Crippen molar-refractivity contribution in [1.82, 2.24) is 19.7 Å². The van der Waals surface area contributed by atoms with Crippen LogP contribution in [0.25, 0.3) is 0 Å². The molecule has 0 saturated carbocycles. The lowest BCUT2D eigenvalue weighted by Crippen LogP contribution is -2.48. The van der Waals surface area contributed by atoms with E-state index in [2.05, 4.69) is 10.1 Å². The number of rotatable bonds is 9. The summed E-state index contributed by atoms with van der Waals surface area (Å²) < 4.78 is 84.8. The van der Waals surface area contributed by atoms with E-state index < -0.39 is 71.3 Å². The van der Waals surface area contributed by atoms with E-state index in [-0.39, 0.29) is 35.2 Å². The standard InChI is InChI=1S/C24H22ClF5N4O4S2/c1-40(37)20-7-12(5-6-33(20)19(35)9-34-18(22(29)30)8-16(32-34)21(27)28)23-31-17(11-39-23)24(36)38-10-13-14(25)3-2-4-15(13)26/h2-4,8,11-12,20-22H,5-7,9-10H2,1H3.